The van der Waals surface area contributed by atoms with E-state index in [0.29, 0.717) is 24.7 Å². The van der Waals surface area contributed by atoms with Crippen LogP contribution >= 0.6 is 0 Å². The van der Waals surface area contributed by atoms with Crippen LogP contribution in [0.15, 0.2) is 0 Å². The predicted octanol–water partition coefficient (Wildman–Crippen LogP) is 11.0. The summed E-state index contributed by atoms with van der Waals surface area (Å²) in [6.07, 6.45) is 23.7. The topological polar surface area (TPSA) is 80.3 Å². The Morgan fingerprint density at radius 3 is 1.00 bits per heavy atom. The summed E-state index contributed by atoms with van der Waals surface area (Å²) in [5, 5.41) is 23.5. The van der Waals surface area contributed by atoms with Crippen LogP contribution in [0.4, 0.5) is 0 Å². The Labute approximate surface area is 293 Å². The second kappa shape index (κ2) is 33.6. The first kappa shape index (κ1) is 49.1. The van der Waals surface area contributed by atoms with Gasteiger partial charge in [-0.3, -0.25) is 0 Å². The van der Waals surface area contributed by atoms with Gasteiger partial charge >= 0.3 is 69.5 Å². The van der Waals surface area contributed by atoms with Gasteiger partial charge in [0.05, 0.1) is 0 Å². The molecule has 0 bridgehead atoms. The van der Waals surface area contributed by atoms with E-state index in [2.05, 4.69) is 55.4 Å². The number of carbonyl (C=O) groups excluding carboxylic acids is 2. The van der Waals surface area contributed by atoms with Crippen LogP contribution in [0.1, 0.15) is 210 Å². The Morgan fingerprint density at radius 1 is 0.467 bits per heavy atom. The van der Waals surface area contributed by atoms with E-state index in [0.717, 1.165) is 103 Å². The van der Waals surface area contributed by atoms with Gasteiger partial charge in [-0.25, -0.2) is 0 Å². The Kier molecular flexibility index (Phi) is 36.7. The number of carboxylic acids is 2. The van der Waals surface area contributed by atoms with Gasteiger partial charge in [0.1, 0.15) is 0 Å². The van der Waals surface area contributed by atoms with Crippen molar-refractivity contribution in [1.29, 1.82) is 0 Å². The van der Waals surface area contributed by atoms with Crippen molar-refractivity contribution in [2.24, 2.45) is 22.7 Å². The van der Waals surface area contributed by atoms with Crippen molar-refractivity contribution in [1.82, 2.24) is 0 Å². The van der Waals surface area contributed by atoms with Gasteiger partial charge in [0.25, 0.3) is 0 Å². The molecular formula is C40H80O4Sn. The normalized spacial score (nSPS) is 14.8. The number of hydrogen-bond donors (Lipinski definition) is 0. The maximum absolute atomic E-state index is 11.7. The van der Waals surface area contributed by atoms with Crippen LogP contribution in [-0.4, -0.2) is 33.1 Å². The van der Waals surface area contributed by atoms with Crippen molar-refractivity contribution < 1.29 is 19.8 Å². The fourth-order valence-corrected chi connectivity index (χ4v) is 11.0. The zero-order chi connectivity index (χ0) is 35.0. The van der Waals surface area contributed by atoms with E-state index in [9.17, 15) is 19.8 Å². The SMILES string of the molecule is CCCCC(CCC)C(CC)(CCCC)C(=O)[O-].CCCCC(CCC)C(CC)(CCCC)C(=O)[O-].CCC[CH2][Sn+2][CH2]CCC. The van der Waals surface area contributed by atoms with E-state index in [1.54, 1.807) is 8.87 Å². The van der Waals surface area contributed by atoms with Crippen LogP contribution < -0.4 is 10.2 Å². The third kappa shape index (κ3) is 21.4. The molecule has 4 atom stereocenters. The van der Waals surface area contributed by atoms with Crippen LogP contribution in [0, 0.1) is 22.7 Å². The summed E-state index contributed by atoms with van der Waals surface area (Å²) < 4.78 is 3.25. The molecule has 0 amide bonds. The molecule has 0 aliphatic carbocycles. The summed E-state index contributed by atoms with van der Waals surface area (Å²) in [6, 6.07) is 0. The minimum absolute atomic E-state index is 0.149. The molecule has 0 N–H and O–H groups in total. The first-order valence-electron chi connectivity index (χ1n) is 19.7. The van der Waals surface area contributed by atoms with Crippen molar-refractivity contribution in [3.63, 3.8) is 0 Å². The Hall–Kier alpha value is -0.261. The fourth-order valence-electron chi connectivity index (χ4n) is 6.87. The third-order valence-electron chi connectivity index (χ3n) is 10.1. The van der Waals surface area contributed by atoms with Gasteiger partial charge in [-0.05, 0) is 63.2 Å². The molecule has 0 saturated carbocycles. The molecule has 0 fully saturated rings. The van der Waals surface area contributed by atoms with Crippen LogP contribution in [0.5, 0.6) is 0 Å². The van der Waals surface area contributed by atoms with Crippen molar-refractivity contribution in [3.05, 3.63) is 0 Å². The molecule has 0 aromatic rings. The van der Waals surface area contributed by atoms with Crippen LogP contribution in [0.25, 0.3) is 0 Å². The van der Waals surface area contributed by atoms with Crippen LogP contribution in [-0.2, 0) is 9.59 Å². The zero-order valence-corrected chi connectivity index (χ0v) is 35.1. The molecule has 5 heteroatoms. The zero-order valence-electron chi connectivity index (χ0n) is 32.3. The molecule has 0 radical (unpaired) electrons. The van der Waals surface area contributed by atoms with E-state index < -0.39 is 22.8 Å². The summed E-state index contributed by atoms with van der Waals surface area (Å²) in [5.41, 5.74) is -1.16. The molecule has 0 aromatic carbocycles. The third-order valence-corrected chi connectivity index (χ3v) is 14.1. The van der Waals surface area contributed by atoms with Crippen molar-refractivity contribution in [3.8, 4) is 0 Å². The van der Waals surface area contributed by atoms with E-state index in [1.165, 1.54) is 25.7 Å². The van der Waals surface area contributed by atoms with Gasteiger partial charge < -0.3 is 19.8 Å². The monoisotopic (exact) mass is 745 g/mol. The molecule has 45 heavy (non-hydrogen) atoms. The van der Waals surface area contributed by atoms with Gasteiger partial charge in [0.2, 0.25) is 0 Å². The molecule has 268 valence electrons. The van der Waals surface area contributed by atoms with Gasteiger partial charge in [-0.1, -0.05) is 120 Å². The van der Waals surface area contributed by atoms with Crippen LogP contribution in [0.3, 0.4) is 0 Å². The molecule has 0 spiro atoms. The molecule has 4 unspecified atom stereocenters. The maximum atomic E-state index is 11.7. The average Bonchev–Trinajstić information content (AvgIpc) is 3.03. The number of hydrogen-bond acceptors (Lipinski definition) is 4. The second-order valence-electron chi connectivity index (χ2n) is 13.5. The van der Waals surface area contributed by atoms with Crippen molar-refractivity contribution in [2.45, 2.75) is 219 Å². The summed E-state index contributed by atoms with van der Waals surface area (Å²) >= 11 is 0.149. The predicted molar refractivity (Wildman–Crippen MR) is 196 cm³/mol. The quantitative estimate of drug-likeness (QED) is 0.0590. The molecule has 4 nitrogen and oxygen atoms in total. The Bertz CT molecular complexity index is 600. The van der Waals surface area contributed by atoms with Gasteiger partial charge in [0, 0.05) is 22.8 Å². The Balaban J connectivity index is -0.000000622. The summed E-state index contributed by atoms with van der Waals surface area (Å²) in [5.74, 6) is -1.03. The molecular weight excluding hydrogens is 663 g/mol. The average molecular weight is 744 g/mol. The molecule has 0 aliphatic rings. The first-order valence-corrected chi connectivity index (χ1v) is 23.8. The van der Waals surface area contributed by atoms with E-state index >= 15 is 0 Å². The van der Waals surface area contributed by atoms with E-state index in [-0.39, 0.29) is 21.1 Å². The molecule has 0 heterocycles. The molecule has 0 aliphatic heterocycles. The molecule has 0 saturated heterocycles. The molecule has 0 rings (SSSR count). The number of aliphatic carboxylic acids is 2. The Morgan fingerprint density at radius 2 is 0.778 bits per heavy atom. The van der Waals surface area contributed by atoms with Crippen LogP contribution in [0.2, 0.25) is 8.87 Å². The second-order valence-corrected chi connectivity index (χ2v) is 17.8. The number of carbonyl (C=O) groups is 2. The fraction of sp³-hybridized carbons (Fsp3) is 0.950. The number of unbranched alkanes of at least 4 members (excludes halogenated alkanes) is 6. The number of carboxylic acid groups (broad SMARTS) is 2. The van der Waals surface area contributed by atoms with Crippen molar-refractivity contribution in [2.75, 3.05) is 0 Å². The van der Waals surface area contributed by atoms with Gasteiger partial charge in [-0.15, -0.1) is 0 Å². The summed E-state index contributed by atoms with van der Waals surface area (Å²) in [4.78, 5) is 23.5. The van der Waals surface area contributed by atoms with E-state index in [4.69, 9.17) is 0 Å². The summed E-state index contributed by atoms with van der Waals surface area (Å²) in [7, 11) is 0. The minimum atomic E-state index is -0.812. The van der Waals surface area contributed by atoms with Crippen molar-refractivity contribution >= 4 is 33.1 Å². The molecule has 0 aromatic heterocycles. The van der Waals surface area contributed by atoms with Gasteiger partial charge in [0.15, 0.2) is 0 Å². The number of rotatable bonds is 28. The first-order chi connectivity index (χ1) is 21.6. The van der Waals surface area contributed by atoms with E-state index in [1.807, 2.05) is 13.8 Å². The summed E-state index contributed by atoms with van der Waals surface area (Å²) in [6.45, 7) is 21.5. The standard InChI is InChI=1S/2C16H32O2.2C4H9.Sn/c2*1-5-9-12-14(11-7-3)16(8-4,15(17)18)13-10-6-2;2*1-3-4-2;/h2*14H,5-13H2,1-4H3,(H,17,18);2*1,3-4H2,2H3;/q;;;;+2/p-2. The van der Waals surface area contributed by atoms with Gasteiger partial charge in [-0.2, -0.15) is 0 Å².